The number of aromatic nitrogens is 2. The molecule has 1 aromatic heterocycles. The molecule has 0 spiro atoms. The highest BCUT2D eigenvalue weighted by Crippen LogP contribution is 2.28. The van der Waals surface area contributed by atoms with Gasteiger partial charge in [0.2, 0.25) is 10.0 Å². The van der Waals surface area contributed by atoms with Crippen LogP contribution in [-0.2, 0) is 10.0 Å². The maximum atomic E-state index is 13.2. The molecule has 1 saturated heterocycles. The Morgan fingerprint density at radius 2 is 2.05 bits per heavy atom. The van der Waals surface area contributed by atoms with E-state index in [1.807, 2.05) is 0 Å². The van der Waals surface area contributed by atoms with E-state index in [0.29, 0.717) is 37.3 Å². The van der Waals surface area contributed by atoms with E-state index >= 15 is 0 Å². The minimum absolute atomic E-state index is 0.0593. The molecule has 1 fully saturated rings. The summed E-state index contributed by atoms with van der Waals surface area (Å²) >= 11 is 0. The van der Waals surface area contributed by atoms with Gasteiger partial charge in [0.1, 0.15) is 5.82 Å². The van der Waals surface area contributed by atoms with Crippen LogP contribution in [0.1, 0.15) is 24.6 Å². The average molecular weight is 325 g/mol. The SMILES string of the molecule is CS(=O)(=O)N1CCC(c2noc(-c3cccc(F)c3)n2)CC1. The normalized spacial score (nSPS) is 17.7. The molecule has 118 valence electrons. The Labute approximate surface area is 128 Å². The summed E-state index contributed by atoms with van der Waals surface area (Å²) in [6.45, 7) is 0.903. The van der Waals surface area contributed by atoms with Crippen LogP contribution in [0.5, 0.6) is 0 Å². The Bertz CT molecular complexity index is 767. The topological polar surface area (TPSA) is 76.3 Å². The minimum Gasteiger partial charge on any atom is -0.334 e. The summed E-state index contributed by atoms with van der Waals surface area (Å²) in [4.78, 5) is 4.32. The van der Waals surface area contributed by atoms with E-state index in [-0.39, 0.29) is 17.6 Å². The molecule has 0 atom stereocenters. The Morgan fingerprint density at radius 3 is 2.68 bits per heavy atom. The fourth-order valence-corrected chi connectivity index (χ4v) is 3.46. The zero-order chi connectivity index (χ0) is 15.7. The first-order valence-corrected chi connectivity index (χ1v) is 8.83. The maximum absolute atomic E-state index is 13.2. The highest BCUT2D eigenvalue weighted by molar-refractivity contribution is 7.88. The second-order valence-corrected chi connectivity index (χ2v) is 7.39. The first kappa shape index (κ1) is 15.1. The first-order valence-electron chi connectivity index (χ1n) is 6.98. The van der Waals surface area contributed by atoms with E-state index < -0.39 is 10.0 Å². The van der Waals surface area contributed by atoms with Gasteiger partial charge in [-0.15, -0.1) is 0 Å². The number of nitrogens with zero attached hydrogens (tertiary/aromatic N) is 3. The molecule has 0 radical (unpaired) electrons. The van der Waals surface area contributed by atoms with E-state index in [9.17, 15) is 12.8 Å². The number of benzene rings is 1. The van der Waals surface area contributed by atoms with Crippen LogP contribution in [0.4, 0.5) is 4.39 Å². The van der Waals surface area contributed by atoms with Gasteiger partial charge in [-0.3, -0.25) is 0 Å². The van der Waals surface area contributed by atoms with E-state index in [4.69, 9.17) is 4.52 Å². The third-order valence-corrected chi connectivity index (χ3v) is 5.10. The highest BCUT2D eigenvalue weighted by Gasteiger charge is 2.28. The largest absolute Gasteiger partial charge is 0.334 e. The Kier molecular flexibility index (Phi) is 3.96. The highest BCUT2D eigenvalue weighted by atomic mass is 32.2. The molecular weight excluding hydrogens is 309 g/mol. The van der Waals surface area contributed by atoms with Crippen molar-refractivity contribution in [3.8, 4) is 11.5 Å². The molecule has 0 unspecified atom stereocenters. The standard InChI is InChI=1S/C14H16FN3O3S/c1-22(19,20)18-7-5-10(6-8-18)13-16-14(21-17-13)11-3-2-4-12(15)9-11/h2-4,9-10H,5-8H2,1H3. The number of hydrogen-bond acceptors (Lipinski definition) is 5. The molecule has 1 aromatic carbocycles. The lowest BCUT2D eigenvalue weighted by Crippen LogP contribution is -2.37. The summed E-state index contributed by atoms with van der Waals surface area (Å²) in [5.41, 5.74) is 0.535. The lowest BCUT2D eigenvalue weighted by Gasteiger charge is -2.28. The number of rotatable bonds is 3. The van der Waals surface area contributed by atoms with E-state index in [1.54, 1.807) is 12.1 Å². The van der Waals surface area contributed by atoms with Gasteiger partial charge < -0.3 is 4.52 Å². The van der Waals surface area contributed by atoms with Crippen molar-refractivity contribution in [2.24, 2.45) is 0 Å². The van der Waals surface area contributed by atoms with Crippen molar-refractivity contribution in [2.45, 2.75) is 18.8 Å². The van der Waals surface area contributed by atoms with Gasteiger partial charge >= 0.3 is 0 Å². The van der Waals surface area contributed by atoms with Crippen LogP contribution in [0, 0.1) is 5.82 Å². The van der Waals surface area contributed by atoms with E-state index in [1.165, 1.54) is 22.7 Å². The molecule has 1 aliphatic rings. The smallest absolute Gasteiger partial charge is 0.258 e. The lowest BCUT2D eigenvalue weighted by atomic mass is 9.97. The van der Waals surface area contributed by atoms with Crippen molar-refractivity contribution in [3.63, 3.8) is 0 Å². The molecule has 22 heavy (non-hydrogen) atoms. The van der Waals surface area contributed by atoms with Crippen LogP contribution in [0.3, 0.4) is 0 Å². The molecule has 0 saturated carbocycles. The Balaban J connectivity index is 1.73. The number of halogens is 1. The molecule has 6 nitrogen and oxygen atoms in total. The summed E-state index contributed by atoms with van der Waals surface area (Å²) < 4.78 is 42.8. The van der Waals surface area contributed by atoms with Crippen molar-refractivity contribution < 1.29 is 17.3 Å². The molecular formula is C14H16FN3O3S. The maximum Gasteiger partial charge on any atom is 0.258 e. The monoisotopic (exact) mass is 325 g/mol. The minimum atomic E-state index is -3.15. The second-order valence-electron chi connectivity index (χ2n) is 5.40. The summed E-state index contributed by atoms with van der Waals surface area (Å²) in [7, 11) is -3.15. The second kappa shape index (κ2) is 5.77. The molecule has 0 amide bonds. The molecule has 0 bridgehead atoms. The van der Waals surface area contributed by atoms with Gasteiger partial charge in [0.05, 0.1) is 6.26 Å². The molecule has 3 rings (SSSR count). The van der Waals surface area contributed by atoms with Crippen LogP contribution >= 0.6 is 0 Å². The molecule has 2 aromatic rings. The molecule has 0 N–H and O–H groups in total. The van der Waals surface area contributed by atoms with Gasteiger partial charge in [-0.25, -0.2) is 17.1 Å². The van der Waals surface area contributed by atoms with Gasteiger partial charge in [0, 0.05) is 24.6 Å². The van der Waals surface area contributed by atoms with Crippen LogP contribution in [0.15, 0.2) is 28.8 Å². The third kappa shape index (κ3) is 3.17. The number of sulfonamides is 1. The van der Waals surface area contributed by atoms with Gasteiger partial charge in [0.15, 0.2) is 5.82 Å². The Hall–Kier alpha value is -1.80. The molecule has 8 heteroatoms. The molecule has 2 heterocycles. The lowest BCUT2D eigenvalue weighted by molar-refractivity contribution is 0.308. The van der Waals surface area contributed by atoms with Crippen molar-refractivity contribution >= 4 is 10.0 Å². The fourth-order valence-electron chi connectivity index (χ4n) is 2.59. The van der Waals surface area contributed by atoms with Crippen molar-refractivity contribution in [2.75, 3.05) is 19.3 Å². The predicted molar refractivity (Wildman–Crippen MR) is 78.1 cm³/mol. The zero-order valence-electron chi connectivity index (χ0n) is 12.1. The zero-order valence-corrected chi connectivity index (χ0v) is 12.9. The van der Waals surface area contributed by atoms with E-state index in [0.717, 1.165) is 0 Å². The van der Waals surface area contributed by atoms with Gasteiger partial charge in [-0.1, -0.05) is 11.2 Å². The van der Waals surface area contributed by atoms with Gasteiger partial charge in [-0.05, 0) is 31.0 Å². The van der Waals surface area contributed by atoms with Crippen LogP contribution < -0.4 is 0 Å². The van der Waals surface area contributed by atoms with Crippen LogP contribution in [0.2, 0.25) is 0 Å². The first-order chi connectivity index (χ1) is 10.4. The van der Waals surface area contributed by atoms with Gasteiger partial charge in [0.25, 0.3) is 5.89 Å². The van der Waals surface area contributed by atoms with Crippen molar-refractivity contribution in [3.05, 3.63) is 35.9 Å². The van der Waals surface area contributed by atoms with Gasteiger partial charge in [-0.2, -0.15) is 4.98 Å². The molecule has 1 aliphatic heterocycles. The summed E-state index contributed by atoms with van der Waals surface area (Å²) in [6, 6.07) is 5.97. The summed E-state index contributed by atoms with van der Waals surface area (Å²) in [5, 5.41) is 3.96. The van der Waals surface area contributed by atoms with Crippen molar-refractivity contribution in [1.29, 1.82) is 0 Å². The van der Waals surface area contributed by atoms with Crippen molar-refractivity contribution in [1.82, 2.24) is 14.4 Å². The number of piperidine rings is 1. The quantitative estimate of drug-likeness (QED) is 0.863. The fraction of sp³-hybridized carbons (Fsp3) is 0.429. The summed E-state index contributed by atoms with van der Waals surface area (Å²) in [5.74, 6) is 0.523. The predicted octanol–water partition coefficient (Wildman–Crippen LogP) is 2.01. The molecule has 0 aliphatic carbocycles. The Morgan fingerprint density at radius 1 is 1.32 bits per heavy atom. The third-order valence-electron chi connectivity index (χ3n) is 3.80. The van der Waals surface area contributed by atoms with Crippen LogP contribution in [-0.4, -0.2) is 42.2 Å². The van der Waals surface area contributed by atoms with Crippen LogP contribution in [0.25, 0.3) is 11.5 Å². The number of hydrogen-bond donors (Lipinski definition) is 0. The van der Waals surface area contributed by atoms with E-state index in [2.05, 4.69) is 10.1 Å². The summed E-state index contributed by atoms with van der Waals surface area (Å²) in [6.07, 6.45) is 2.51. The average Bonchev–Trinajstić information content (AvgIpc) is 2.96.